The van der Waals surface area contributed by atoms with E-state index in [1.54, 1.807) is 0 Å². The van der Waals surface area contributed by atoms with E-state index in [1.807, 2.05) is 0 Å². The van der Waals surface area contributed by atoms with Gasteiger partial charge in [0.25, 0.3) is 0 Å². The lowest BCUT2D eigenvalue weighted by Gasteiger charge is -2.18. The third-order valence-corrected chi connectivity index (χ3v) is 3.20. The van der Waals surface area contributed by atoms with Crippen LogP contribution in [0.15, 0.2) is 24.3 Å². The molecule has 0 saturated heterocycles. The summed E-state index contributed by atoms with van der Waals surface area (Å²) in [5, 5.41) is 0. The Morgan fingerprint density at radius 1 is 0.800 bits per heavy atom. The van der Waals surface area contributed by atoms with Crippen molar-refractivity contribution >= 4 is 0 Å². The summed E-state index contributed by atoms with van der Waals surface area (Å²) in [6.45, 7) is 11.9. The van der Waals surface area contributed by atoms with Crippen molar-refractivity contribution in [2.24, 2.45) is 11.1 Å². The van der Waals surface area contributed by atoms with Crippen LogP contribution in [0.1, 0.15) is 77.8 Å². The second-order valence-corrected chi connectivity index (χ2v) is 6.82. The Labute approximate surface area is 127 Å². The van der Waals surface area contributed by atoms with Crippen LogP contribution in [0.2, 0.25) is 0 Å². The largest absolute Gasteiger partial charge is 0.326 e. The number of hydrogen-bond acceptors (Lipinski definition) is 1. The van der Waals surface area contributed by atoms with Gasteiger partial charge in [0.05, 0.1) is 0 Å². The normalized spacial score (nSPS) is 10.9. The topological polar surface area (TPSA) is 26.0 Å². The Morgan fingerprint density at radius 2 is 1.25 bits per heavy atom. The molecule has 0 aliphatic carbocycles. The van der Waals surface area contributed by atoms with Gasteiger partial charge in [-0.2, -0.15) is 0 Å². The van der Waals surface area contributed by atoms with Gasteiger partial charge in [-0.05, 0) is 23.0 Å². The summed E-state index contributed by atoms with van der Waals surface area (Å²) in [5.74, 6) is 0. The Hall–Kier alpha value is -0.820. The molecule has 1 aromatic rings. The molecule has 0 aliphatic rings. The predicted octanol–water partition coefficient (Wildman–Crippen LogP) is 5.71. The standard InChI is InChI=1S/C12H19N.C7H16/c1-12(2,3)8-10-4-6-11(9-13)7-5-10;1-3-5-7-6-4-2/h4-7H,8-9,13H2,1-3H3;3-7H2,1-2H3. The lowest BCUT2D eigenvalue weighted by molar-refractivity contribution is 0.411. The molecule has 0 aromatic heterocycles. The van der Waals surface area contributed by atoms with Crippen molar-refractivity contribution in [2.45, 2.75) is 79.7 Å². The lowest BCUT2D eigenvalue weighted by Crippen LogP contribution is -2.09. The third kappa shape index (κ3) is 11.0. The first-order chi connectivity index (χ1) is 9.42. The second kappa shape index (κ2) is 10.9. The first-order valence-corrected chi connectivity index (χ1v) is 8.20. The first-order valence-electron chi connectivity index (χ1n) is 8.20. The number of benzene rings is 1. The smallest absolute Gasteiger partial charge is 0.0178 e. The SMILES string of the molecule is CC(C)(C)Cc1ccc(CN)cc1.CCCCCCC. The second-order valence-electron chi connectivity index (χ2n) is 6.82. The first kappa shape index (κ1) is 19.2. The number of unbranched alkanes of at least 4 members (excludes halogenated alkanes) is 4. The van der Waals surface area contributed by atoms with E-state index in [0.29, 0.717) is 12.0 Å². The van der Waals surface area contributed by atoms with Gasteiger partial charge in [-0.1, -0.05) is 91.0 Å². The third-order valence-electron chi connectivity index (χ3n) is 3.20. The molecule has 116 valence electrons. The highest BCUT2D eigenvalue weighted by molar-refractivity contribution is 5.23. The van der Waals surface area contributed by atoms with Gasteiger partial charge in [0.2, 0.25) is 0 Å². The Kier molecular flexibility index (Phi) is 10.5. The maximum absolute atomic E-state index is 5.53. The molecule has 1 nitrogen and oxygen atoms in total. The fourth-order valence-electron chi connectivity index (χ4n) is 2.08. The molecule has 1 rings (SSSR count). The van der Waals surface area contributed by atoms with E-state index in [9.17, 15) is 0 Å². The summed E-state index contributed by atoms with van der Waals surface area (Å²) in [4.78, 5) is 0. The molecule has 0 atom stereocenters. The fraction of sp³-hybridized carbons (Fsp3) is 0.684. The zero-order chi connectivity index (χ0) is 15.4. The van der Waals surface area contributed by atoms with Crippen LogP contribution < -0.4 is 5.73 Å². The van der Waals surface area contributed by atoms with Crippen molar-refractivity contribution in [3.05, 3.63) is 35.4 Å². The van der Waals surface area contributed by atoms with Crippen LogP contribution in [0, 0.1) is 5.41 Å². The van der Waals surface area contributed by atoms with E-state index in [4.69, 9.17) is 5.73 Å². The number of nitrogens with two attached hydrogens (primary N) is 1. The Morgan fingerprint density at radius 3 is 1.60 bits per heavy atom. The highest BCUT2D eigenvalue weighted by Crippen LogP contribution is 2.20. The Bertz CT molecular complexity index is 315. The highest BCUT2D eigenvalue weighted by Gasteiger charge is 2.10. The molecule has 0 saturated carbocycles. The zero-order valence-corrected chi connectivity index (χ0v) is 14.3. The van der Waals surface area contributed by atoms with E-state index >= 15 is 0 Å². The maximum atomic E-state index is 5.53. The summed E-state index contributed by atoms with van der Waals surface area (Å²) >= 11 is 0. The minimum Gasteiger partial charge on any atom is -0.326 e. The van der Waals surface area contributed by atoms with Crippen molar-refractivity contribution < 1.29 is 0 Å². The molecule has 1 heteroatoms. The van der Waals surface area contributed by atoms with E-state index in [0.717, 1.165) is 6.42 Å². The van der Waals surface area contributed by atoms with Crippen LogP contribution in [0.5, 0.6) is 0 Å². The minimum absolute atomic E-state index is 0.365. The van der Waals surface area contributed by atoms with Crippen molar-refractivity contribution in [1.82, 2.24) is 0 Å². The minimum atomic E-state index is 0.365. The fourth-order valence-corrected chi connectivity index (χ4v) is 2.08. The zero-order valence-electron chi connectivity index (χ0n) is 14.3. The van der Waals surface area contributed by atoms with Gasteiger partial charge in [0.1, 0.15) is 0 Å². The molecule has 0 spiro atoms. The average molecular weight is 277 g/mol. The molecule has 0 fully saturated rings. The van der Waals surface area contributed by atoms with Crippen LogP contribution in [0.25, 0.3) is 0 Å². The summed E-state index contributed by atoms with van der Waals surface area (Å²) in [6.07, 6.45) is 8.13. The molecule has 0 radical (unpaired) electrons. The number of hydrogen-bond donors (Lipinski definition) is 1. The van der Waals surface area contributed by atoms with Crippen LogP contribution in [-0.2, 0) is 13.0 Å². The van der Waals surface area contributed by atoms with E-state index in [1.165, 1.54) is 43.2 Å². The number of rotatable bonds is 6. The van der Waals surface area contributed by atoms with Crippen LogP contribution in [0.4, 0.5) is 0 Å². The molecule has 0 unspecified atom stereocenters. The van der Waals surface area contributed by atoms with Gasteiger partial charge in [0.15, 0.2) is 0 Å². The summed E-state index contributed by atoms with van der Waals surface area (Å²) in [7, 11) is 0. The van der Waals surface area contributed by atoms with Crippen molar-refractivity contribution in [1.29, 1.82) is 0 Å². The van der Waals surface area contributed by atoms with Crippen molar-refractivity contribution in [2.75, 3.05) is 0 Å². The van der Waals surface area contributed by atoms with Gasteiger partial charge in [-0.3, -0.25) is 0 Å². The van der Waals surface area contributed by atoms with E-state index < -0.39 is 0 Å². The summed E-state index contributed by atoms with van der Waals surface area (Å²) in [5.41, 5.74) is 8.49. The summed E-state index contributed by atoms with van der Waals surface area (Å²) in [6, 6.07) is 8.57. The van der Waals surface area contributed by atoms with Gasteiger partial charge in [0, 0.05) is 6.54 Å². The van der Waals surface area contributed by atoms with Crippen molar-refractivity contribution in [3.8, 4) is 0 Å². The molecule has 0 aliphatic heterocycles. The van der Waals surface area contributed by atoms with Crippen LogP contribution in [0.3, 0.4) is 0 Å². The molecule has 0 amide bonds. The molecule has 20 heavy (non-hydrogen) atoms. The Balaban J connectivity index is 0.000000441. The van der Waals surface area contributed by atoms with Crippen LogP contribution >= 0.6 is 0 Å². The van der Waals surface area contributed by atoms with Gasteiger partial charge < -0.3 is 5.73 Å². The highest BCUT2D eigenvalue weighted by atomic mass is 14.5. The molecular weight excluding hydrogens is 242 g/mol. The summed E-state index contributed by atoms with van der Waals surface area (Å²) < 4.78 is 0. The van der Waals surface area contributed by atoms with Crippen LogP contribution in [-0.4, -0.2) is 0 Å². The molecule has 1 aromatic carbocycles. The predicted molar refractivity (Wildman–Crippen MR) is 91.9 cm³/mol. The van der Waals surface area contributed by atoms with Crippen molar-refractivity contribution in [3.63, 3.8) is 0 Å². The van der Waals surface area contributed by atoms with Gasteiger partial charge in [-0.25, -0.2) is 0 Å². The molecule has 2 N–H and O–H groups in total. The molecular formula is C19H35N. The maximum Gasteiger partial charge on any atom is 0.0178 e. The van der Waals surface area contributed by atoms with E-state index in [-0.39, 0.29) is 0 Å². The lowest BCUT2D eigenvalue weighted by atomic mass is 9.88. The monoisotopic (exact) mass is 277 g/mol. The van der Waals surface area contributed by atoms with E-state index in [2.05, 4.69) is 58.9 Å². The quantitative estimate of drug-likeness (QED) is 0.662. The average Bonchev–Trinajstić information content (AvgIpc) is 2.39. The van der Waals surface area contributed by atoms with Gasteiger partial charge in [-0.15, -0.1) is 0 Å². The molecule has 0 bridgehead atoms. The molecule has 0 heterocycles. The van der Waals surface area contributed by atoms with Gasteiger partial charge >= 0.3 is 0 Å².